The van der Waals surface area contributed by atoms with E-state index in [4.69, 9.17) is 11.6 Å². The van der Waals surface area contributed by atoms with Crippen molar-refractivity contribution >= 4 is 29.5 Å². The number of benzene rings is 2. The molecule has 0 aromatic heterocycles. The SMILES string of the molecule is O=Cc1ccc(NC(=O)c2cc3c4c(c2)CCCCC4CCCC3)cc1Cl. The van der Waals surface area contributed by atoms with Gasteiger partial charge in [-0.1, -0.05) is 24.4 Å². The van der Waals surface area contributed by atoms with Gasteiger partial charge in [0.2, 0.25) is 0 Å². The van der Waals surface area contributed by atoms with E-state index in [9.17, 15) is 9.59 Å². The van der Waals surface area contributed by atoms with Gasteiger partial charge in [-0.2, -0.15) is 0 Å². The Morgan fingerprint density at radius 2 is 1.67 bits per heavy atom. The van der Waals surface area contributed by atoms with Crippen molar-refractivity contribution in [2.24, 2.45) is 0 Å². The third-order valence-corrected chi connectivity index (χ3v) is 6.23. The molecule has 0 aliphatic heterocycles. The maximum absolute atomic E-state index is 12.9. The Bertz CT molecular complexity index is 857. The standard InChI is InChI=1S/C23H24ClNO2/c24-21-13-20(10-9-18(21)14-26)25-23(27)19-11-16-7-3-1-5-15-6-2-4-8-17(12-19)22(15)16/h9-15H,1-8H2,(H,25,27). The van der Waals surface area contributed by atoms with Crippen LogP contribution < -0.4 is 5.32 Å². The number of hydrogen-bond donors (Lipinski definition) is 1. The highest BCUT2D eigenvalue weighted by Gasteiger charge is 2.25. The zero-order valence-corrected chi connectivity index (χ0v) is 16.1. The number of anilines is 1. The van der Waals surface area contributed by atoms with Crippen molar-refractivity contribution < 1.29 is 9.59 Å². The molecule has 0 heterocycles. The predicted molar refractivity (Wildman–Crippen MR) is 109 cm³/mol. The molecule has 0 radical (unpaired) electrons. The third kappa shape index (κ3) is 3.79. The second-order valence-electron chi connectivity index (χ2n) is 7.70. The van der Waals surface area contributed by atoms with Crippen molar-refractivity contribution in [3.63, 3.8) is 0 Å². The number of aryl methyl sites for hydroxylation is 2. The number of aldehydes is 1. The van der Waals surface area contributed by atoms with Crippen LogP contribution in [0.25, 0.3) is 0 Å². The van der Waals surface area contributed by atoms with E-state index in [0.717, 1.165) is 18.4 Å². The molecule has 4 heteroatoms. The van der Waals surface area contributed by atoms with Gasteiger partial charge in [0, 0.05) is 16.8 Å². The lowest BCUT2D eigenvalue weighted by Crippen LogP contribution is -2.14. The first-order valence-corrected chi connectivity index (χ1v) is 10.3. The molecule has 0 saturated heterocycles. The molecule has 1 N–H and O–H groups in total. The minimum Gasteiger partial charge on any atom is -0.322 e. The highest BCUT2D eigenvalue weighted by atomic mass is 35.5. The van der Waals surface area contributed by atoms with E-state index in [1.807, 2.05) is 0 Å². The van der Waals surface area contributed by atoms with Crippen molar-refractivity contribution in [3.05, 3.63) is 63.2 Å². The maximum atomic E-state index is 12.9. The van der Waals surface area contributed by atoms with Crippen LogP contribution in [-0.2, 0) is 12.8 Å². The van der Waals surface area contributed by atoms with E-state index in [1.54, 1.807) is 23.8 Å². The van der Waals surface area contributed by atoms with E-state index in [0.29, 0.717) is 28.5 Å². The van der Waals surface area contributed by atoms with Gasteiger partial charge in [0.15, 0.2) is 6.29 Å². The zero-order valence-electron chi connectivity index (χ0n) is 15.4. The molecule has 3 nitrogen and oxygen atoms in total. The Hall–Kier alpha value is -2.13. The molecule has 0 spiro atoms. The molecule has 0 fully saturated rings. The number of nitrogens with one attached hydrogen (secondary N) is 1. The first-order chi connectivity index (χ1) is 13.2. The van der Waals surface area contributed by atoms with Gasteiger partial charge in [-0.3, -0.25) is 9.59 Å². The fraction of sp³-hybridized carbons (Fsp3) is 0.391. The van der Waals surface area contributed by atoms with Crippen LogP contribution in [0.15, 0.2) is 30.3 Å². The Morgan fingerprint density at radius 1 is 1.00 bits per heavy atom. The number of hydrogen-bond acceptors (Lipinski definition) is 2. The summed E-state index contributed by atoms with van der Waals surface area (Å²) in [5, 5.41) is 3.28. The van der Waals surface area contributed by atoms with E-state index >= 15 is 0 Å². The smallest absolute Gasteiger partial charge is 0.255 e. The number of halogens is 1. The summed E-state index contributed by atoms with van der Waals surface area (Å²) >= 11 is 6.08. The van der Waals surface area contributed by atoms with Crippen molar-refractivity contribution in [2.45, 2.75) is 57.3 Å². The largest absolute Gasteiger partial charge is 0.322 e. The zero-order chi connectivity index (χ0) is 18.8. The highest BCUT2D eigenvalue weighted by molar-refractivity contribution is 6.33. The van der Waals surface area contributed by atoms with E-state index in [-0.39, 0.29) is 5.91 Å². The molecule has 2 aromatic rings. The van der Waals surface area contributed by atoms with Gasteiger partial charge in [-0.05, 0) is 91.5 Å². The van der Waals surface area contributed by atoms with E-state index in [2.05, 4.69) is 17.4 Å². The molecular formula is C23H24ClNO2. The summed E-state index contributed by atoms with van der Waals surface area (Å²) in [4.78, 5) is 23.8. The fourth-order valence-electron chi connectivity index (χ4n) is 4.60. The molecular weight excluding hydrogens is 358 g/mol. The van der Waals surface area contributed by atoms with Crippen molar-refractivity contribution in [1.29, 1.82) is 0 Å². The first-order valence-electron chi connectivity index (χ1n) is 9.87. The van der Waals surface area contributed by atoms with Gasteiger partial charge in [-0.15, -0.1) is 0 Å². The Balaban J connectivity index is 1.65. The predicted octanol–water partition coefficient (Wildman–Crippen LogP) is 5.94. The van der Waals surface area contributed by atoms with Crippen molar-refractivity contribution in [1.82, 2.24) is 0 Å². The fourth-order valence-corrected chi connectivity index (χ4v) is 4.82. The van der Waals surface area contributed by atoms with Crippen LogP contribution in [0.5, 0.6) is 0 Å². The van der Waals surface area contributed by atoms with Gasteiger partial charge in [0.1, 0.15) is 0 Å². The summed E-state index contributed by atoms with van der Waals surface area (Å²) in [6.45, 7) is 0. The molecule has 0 bridgehead atoms. The maximum Gasteiger partial charge on any atom is 0.255 e. The molecule has 2 aliphatic rings. The summed E-state index contributed by atoms with van der Waals surface area (Å²) in [6, 6.07) is 9.15. The van der Waals surface area contributed by atoms with Crippen LogP contribution in [0.3, 0.4) is 0 Å². The van der Waals surface area contributed by atoms with Crippen LogP contribution in [0.2, 0.25) is 5.02 Å². The lowest BCUT2D eigenvalue weighted by molar-refractivity contribution is 0.102. The topological polar surface area (TPSA) is 46.2 Å². The Kier molecular flexibility index (Phi) is 5.31. The van der Waals surface area contributed by atoms with Crippen LogP contribution in [0.1, 0.15) is 81.8 Å². The third-order valence-electron chi connectivity index (χ3n) is 5.90. The lowest BCUT2D eigenvalue weighted by atomic mass is 9.86. The summed E-state index contributed by atoms with van der Waals surface area (Å²) in [5.74, 6) is 0.556. The molecule has 1 amide bonds. The van der Waals surface area contributed by atoms with Crippen molar-refractivity contribution in [2.75, 3.05) is 5.32 Å². The minimum absolute atomic E-state index is 0.117. The number of carbonyl (C=O) groups excluding carboxylic acids is 2. The Labute approximate surface area is 165 Å². The molecule has 140 valence electrons. The number of carbonyl (C=O) groups is 2. The Morgan fingerprint density at radius 3 is 2.26 bits per heavy atom. The van der Waals surface area contributed by atoms with Crippen molar-refractivity contribution in [3.8, 4) is 0 Å². The average molecular weight is 382 g/mol. The second-order valence-corrected chi connectivity index (χ2v) is 8.11. The molecule has 27 heavy (non-hydrogen) atoms. The van der Waals surface area contributed by atoms with Crippen LogP contribution in [0, 0.1) is 0 Å². The number of rotatable bonds is 3. The van der Waals surface area contributed by atoms with E-state index in [1.165, 1.54) is 49.7 Å². The monoisotopic (exact) mass is 381 g/mol. The molecule has 0 unspecified atom stereocenters. The van der Waals surface area contributed by atoms with E-state index < -0.39 is 0 Å². The summed E-state index contributed by atoms with van der Waals surface area (Å²) in [7, 11) is 0. The van der Waals surface area contributed by atoms with Crippen LogP contribution in [-0.4, -0.2) is 12.2 Å². The van der Waals surface area contributed by atoms with Gasteiger partial charge in [0.05, 0.1) is 5.02 Å². The average Bonchev–Trinajstić information content (AvgIpc) is 2.99. The summed E-state index contributed by atoms with van der Waals surface area (Å²) < 4.78 is 0. The quantitative estimate of drug-likeness (QED) is 0.668. The van der Waals surface area contributed by atoms with Gasteiger partial charge in [0.25, 0.3) is 5.91 Å². The summed E-state index contributed by atoms with van der Waals surface area (Å²) in [5.41, 5.74) is 6.04. The normalized spacial score (nSPS) is 16.8. The lowest BCUT2D eigenvalue weighted by Gasteiger charge is -2.20. The van der Waals surface area contributed by atoms with Gasteiger partial charge >= 0.3 is 0 Å². The molecule has 4 rings (SSSR count). The first kappa shape index (κ1) is 18.2. The number of amides is 1. The second kappa shape index (κ2) is 7.85. The molecule has 0 saturated carbocycles. The molecule has 0 atom stereocenters. The van der Waals surface area contributed by atoms with Gasteiger partial charge < -0.3 is 5.32 Å². The van der Waals surface area contributed by atoms with Gasteiger partial charge in [-0.25, -0.2) is 0 Å². The molecule has 2 aliphatic carbocycles. The molecule has 2 aromatic carbocycles. The minimum atomic E-state index is -0.117. The van der Waals surface area contributed by atoms with Crippen LogP contribution >= 0.6 is 11.6 Å². The summed E-state index contributed by atoms with van der Waals surface area (Å²) in [6.07, 6.45) is 10.4. The highest BCUT2D eigenvalue weighted by Crippen LogP contribution is 2.40. The van der Waals surface area contributed by atoms with Crippen LogP contribution in [0.4, 0.5) is 5.69 Å².